The van der Waals surface area contributed by atoms with Crippen LogP contribution in [0.3, 0.4) is 0 Å². The zero-order chi connectivity index (χ0) is 19.4. The molecule has 0 spiro atoms. The third-order valence-electron chi connectivity index (χ3n) is 3.82. The number of hydrazone groups is 1. The number of aromatic hydroxyl groups is 2. The van der Waals surface area contributed by atoms with E-state index < -0.39 is 0 Å². The molecular formula is C19H15Br2N3O3. The summed E-state index contributed by atoms with van der Waals surface area (Å²) < 4.78 is 0.528. The maximum absolute atomic E-state index is 12.0. The molecule has 0 heterocycles. The van der Waals surface area contributed by atoms with Crippen molar-refractivity contribution < 1.29 is 15.0 Å². The quantitative estimate of drug-likeness (QED) is 0.315. The summed E-state index contributed by atoms with van der Waals surface area (Å²) in [5, 5.41) is 28.7. The Kier molecular flexibility index (Phi) is 5.98. The maximum atomic E-state index is 12.0. The highest BCUT2D eigenvalue weighted by Gasteiger charge is 2.12. The van der Waals surface area contributed by atoms with Crippen LogP contribution in [0, 0.1) is 0 Å². The number of nitrogens with one attached hydrogen (secondary N) is 2. The number of halogens is 2. The Bertz CT molecular complexity index is 1030. The lowest BCUT2D eigenvalue weighted by Gasteiger charge is -2.09. The molecule has 3 aromatic carbocycles. The smallest absolute Gasteiger partial charge is 0.259 e. The SMILES string of the molecule is O=C(CNc1cccc2ccccc12)NN=Cc1cc(Br)c(O)c(Br)c1O. The van der Waals surface area contributed by atoms with E-state index in [4.69, 9.17) is 0 Å². The average molecular weight is 493 g/mol. The maximum Gasteiger partial charge on any atom is 0.259 e. The molecule has 0 aliphatic carbocycles. The molecule has 6 nitrogen and oxygen atoms in total. The monoisotopic (exact) mass is 491 g/mol. The van der Waals surface area contributed by atoms with Crippen molar-refractivity contribution in [1.29, 1.82) is 0 Å². The molecule has 8 heteroatoms. The molecule has 1 amide bonds. The predicted octanol–water partition coefficient (Wildman–Crippen LogP) is 4.34. The van der Waals surface area contributed by atoms with Crippen molar-refractivity contribution in [3.05, 3.63) is 63.0 Å². The molecule has 0 saturated heterocycles. The molecule has 0 fully saturated rings. The number of hydrogen-bond acceptors (Lipinski definition) is 5. The van der Waals surface area contributed by atoms with Gasteiger partial charge in [0.15, 0.2) is 0 Å². The number of phenolic OH excluding ortho intramolecular Hbond substituents is 2. The van der Waals surface area contributed by atoms with Gasteiger partial charge in [0.2, 0.25) is 0 Å². The zero-order valence-electron chi connectivity index (χ0n) is 13.9. The van der Waals surface area contributed by atoms with Gasteiger partial charge in [0.05, 0.1) is 17.2 Å². The number of benzene rings is 3. The molecular weight excluding hydrogens is 478 g/mol. The Labute approximate surface area is 172 Å². The van der Waals surface area contributed by atoms with Crippen LogP contribution in [0.1, 0.15) is 5.56 Å². The van der Waals surface area contributed by atoms with E-state index >= 15 is 0 Å². The van der Waals surface area contributed by atoms with E-state index in [9.17, 15) is 15.0 Å². The number of anilines is 1. The molecule has 4 N–H and O–H groups in total. The zero-order valence-corrected chi connectivity index (χ0v) is 17.1. The lowest BCUT2D eigenvalue weighted by Crippen LogP contribution is -2.25. The van der Waals surface area contributed by atoms with Crippen LogP contribution < -0.4 is 10.7 Å². The highest BCUT2D eigenvalue weighted by molar-refractivity contribution is 9.11. The van der Waals surface area contributed by atoms with Crippen LogP contribution in [0.25, 0.3) is 10.8 Å². The summed E-state index contributed by atoms with van der Waals surface area (Å²) in [7, 11) is 0. The first-order valence-electron chi connectivity index (χ1n) is 7.91. The van der Waals surface area contributed by atoms with E-state index in [1.165, 1.54) is 12.3 Å². The van der Waals surface area contributed by atoms with Crippen molar-refractivity contribution in [2.45, 2.75) is 0 Å². The standard InChI is InChI=1S/C19H15Br2N3O3/c20-14-8-12(18(26)17(21)19(14)27)9-23-24-16(25)10-22-15-7-3-5-11-4-1-2-6-13(11)15/h1-9,22,26-27H,10H2,(H,24,25). The van der Waals surface area contributed by atoms with Gasteiger partial charge in [-0.1, -0.05) is 36.4 Å². The topological polar surface area (TPSA) is 94.0 Å². The number of fused-ring (bicyclic) bond motifs is 1. The molecule has 0 aliphatic heterocycles. The molecule has 0 saturated carbocycles. The molecule has 3 rings (SSSR count). The van der Waals surface area contributed by atoms with Crippen molar-refractivity contribution in [3.63, 3.8) is 0 Å². The second kappa shape index (κ2) is 8.41. The van der Waals surface area contributed by atoms with Gasteiger partial charge in [-0.15, -0.1) is 0 Å². The Balaban J connectivity index is 1.63. The summed E-state index contributed by atoms with van der Waals surface area (Å²) in [5.74, 6) is -0.633. The van der Waals surface area contributed by atoms with Crippen LogP contribution in [-0.4, -0.2) is 28.9 Å². The van der Waals surface area contributed by atoms with Gasteiger partial charge in [0.25, 0.3) is 5.91 Å². The van der Waals surface area contributed by atoms with E-state index in [0.29, 0.717) is 10.0 Å². The summed E-state index contributed by atoms with van der Waals surface area (Å²) >= 11 is 6.26. The van der Waals surface area contributed by atoms with Gasteiger partial charge in [-0.25, -0.2) is 5.43 Å². The van der Waals surface area contributed by atoms with E-state index in [2.05, 4.69) is 47.7 Å². The van der Waals surface area contributed by atoms with E-state index in [1.807, 2.05) is 42.5 Å². The van der Waals surface area contributed by atoms with Gasteiger partial charge >= 0.3 is 0 Å². The molecule has 0 aromatic heterocycles. The van der Waals surface area contributed by atoms with Crippen molar-refractivity contribution in [3.8, 4) is 11.5 Å². The number of rotatable bonds is 5. The van der Waals surface area contributed by atoms with Crippen molar-refractivity contribution in [2.75, 3.05) is 11.9 Å². The lowest BCUT2D eigenvalue weighted by molar-refractivity contribution is -0.119. The largest absolute Gasteiger partial charge is 0.506 e. The summed E-state index contributed by atoms with van der Waals surface area (Å²) in [6.07, 6.45) is 1.29. The Morgan fingerprint density at radius 3 is 2.63 bits per heavy atom. The summed E-state index contributed by atoms with van der Waals surface area (Å²) in [4.78, 5) is 12.0. The van der Waals surface area contributed by atoms with Gasteiger partial charge in [0.1, 0.15) is 16.0 Å². The number of hydrogen-bond donors (Lipinski definition) is 4. The highest BCUT2D eigenvalue weighted by Crippen LogP contribution is 2.40. The number of nitrogens with zero attached hydrogens (tertiary/aromatic N) is 1. The average Bonchev–Trinajstić information content (AvgIpc) is 2.68. The lowest BCUT2D eigenvalue weighted by atomic mass is 10.1. The van der Waals surface area contributed by atoms with Crippen LogP contribution in [0.4, 0.5) is 5.69 Å². The fourth-order valence-electron chi connectivity index (χ4n) is 2.48. The number of carbonyl (C=O) groups excluding carboxylic acids is 1. The summed E-state index contributed by atoms with van der Waals surface area (Å²) in [6.45, 7) is 0.0420. The minimum Gasteiger partial charge on any atom is -0.506 e. The van der Waals surface area contributed by atoms with Gasteiger partial charge in [-0.2, -0.15) is 5.10 Å². The van der Waals surface area contributed by atoms with Gasteiger partial charge in [-0.3, -0.25) is 4.79 Å². The number of amides is 1. The molecule has 0 radical (unpaired) electrons. The Morgan fingerprint density at radius 2 is 1.81 bits per heavy atom. The van der Waals surface area contributed by atoms with Crippen LogP contribution in [-0.2, 0) is 4.79 Å². The van der Waals surface area contributed by atoms with Crippen LogP contribution >= 0.6 is 31.9 Å². The molecule has 138 valence electrons. The highest BCUT2D eigenvalue weighted by atomic mass is 79.9. The first-order chi connectivity index (χ1) is 13.0. The molecule has 27 heavy (non-hydrogen) atoms. The summed E-state index contributed by atoms with van der Waals surface area (Å²) in [5.41, 5.74) is 3.58. The number of carbonyl (C=O) groups is 1. The number of phenols is 2. The third-order valence-corrected chi connectivity index (χ3v) is 5.18. The second-order valence-corrected chi connectivity index (χ2v) is 7.28. The van der Waals surface area contributed by atoms with E-state index in [0.717, 1.165) is 16.5 Å². The van der Waals surface area contributed by atoms with E-state index in [1.54, 1.807) is 0 Å². The fourth-order valence-corrected chi connectivity index (χ4v) is 3.64. The van der Waals surface area contributed by atoms with Gasteiger partial charge in [-0.05, 0) is 49.4 Å². The van der Waals surface area contributed by atoms with Crippen molar-refractivity contribution in [2.24, 2.45) is 5.10 Å². The Morgan fingerprint density at radius 1 is 1.07 bits per heavy atom. The normalized spacial score (nSPS) is 11.0. The first kappa shape index (κ1) is 19.2. The minimum atomic E-state index is -0.337. The molecule has 0 atom stereocenters. The van der Waals surface area contributed by atoms with Crippen LogP contribution in [0.5, 0.6) is 11.5 Å². The van der Waals surface area contributed by atoms with Crippen LogP contribution in [0.2, 0.25) is 0 Å². The Hall–Kier alpha value is -2.58. The molecule has 3 aromatic rings. The molecule has 0 aliphatic rings. The second-order valence-electron chi connectivity index (χ2n) is 5.63. The van der Waals surface area contributed by atoms with E-state index in [-0.39, 0.29) is 28.4 Å². The van der Waals surface area contributed by atoms with Gasteiger partial charge in [0, 0.05) is 16.6 Å². The van der Waals surface area contributed by atoms with Crippen molar-refractivity contribution >= 4 is 60.4 Å². The van der Waals surface area contributed by atoms with Crippen molar-refractivity contribution in [1.82, 2.24) is 5.43 Å². The first-order valence-corrected chi connectivity index (χ1v) is 9.49. The summed E-state index contributed by atoms with van der Waals surface area (Å²) in [6, 6.07) is 15.2. The minimum absolute atomic E-state index is 0.0420. The van der Waals surface area contributed by atoms with Crippen LogP contribution in [0.15, 0.2) is 62.6 Å². The molecule has 0 bridgehead atoms. The third kappa shape index (κ3) is 4.40. The molecule has 0 unspecified atom stereocenters. The van der Waals surface area contributed by atoms with Gasteiger partial charge < -0.3 is 15.5 Å². The predicted molar refractivity (Wildman–Crippen MR) is 113 cm³/mol. The fraction of sp³-hybridized carbons (Fsp3) is 0.0526.